The molecule has 204 valence electrons. The van der Waals surface area contributed by atoms with E-state index in [0.29, 0.717) is 6.42 Å². The predicted molar refractivity (Wildman–Crippen MR) is 146 cm³/mol. The zero-order valence-corrected chi connectivity index (χ0v) is 24.3. The summed E-state index contributed by atoms with van der Waals surface area (Å²) in [4.78, 5) is 42.3. The van der Waals surface area contributed by atoms with E-state index in [2.05, 4.69) is 17.6 Å². The second kappa shape index (κ2) is 13.7. The number of benzene rings is 1. The van der Waals surface area contributed by atoms with E-state index >= 15 is 0 Å². The topological polar surface area (TPSA) is 87.7 Å². The van der Waals surface area contributed by atoms with Crippen molar-refractivity contribution in [3.8, 4) is 0 Å². The number of hydrogen-bond donors (Lipinski definition) is 2. The Labute approximate surface area is 218 Å². The van der Waals surface area contributed by atoms with E-state index in [-0.39, 0.29) is 29.8 Å². The fourth-order valence-electron chi connectivity index (χ4n) is 4.33. The van der Waals surface area contributed by atoms with Crippen molar-refractivity contribution in [2.45, 2.75) is 125 Å². The standard InChI is InChI=1S/C29H49N3O4/c1-12-14-22(8)30-26(33)25(23-16-15-19(5)17-21(23)7)32(18(3)4)27(34)24(20(6)13-2)31-28(35)36-29(9,10)11/h15-18,20,22,24-25H,12-14H2,1-11H3,(H,30,33)(H,31,35). The minimum atomic E-state index is -0.832. The van der Waals surface area contributed by atoms with Crippen LogP contribution >= 0.6 is 0 Å². The lowest BCUT2D eigenvalue weighted by molar-refractivity contribution is -0.145. The van der Waals surface area contributed by atoms with Gasteiger partial charge in [0, 0.05) is 12.1 Å². The van der Waals surface area contributed by atoms with Crippen molar-refractivity contribution in [2.24, 2.45) is 5.92 Å². The highest BCUT2D eigenvalue weighted by Gasteiger charge is 2.40. The molecule has 4 atom stereocenters. The lowest BCUT2D eigenvalue weighted by Gasteiger charge is -2.39. The molecular weight excluding hydrogens is 454 g/mol. The Bertz CT molecular complexity index is 891. The van der Waals surface area contributed by atoms with Crippen LogP contribution in [0.25, 0.3) is 0 Å². The first-order chi connectivity index (χ1) is 16.6. The summed E-state index contributed by atoms with van der Waals surface area (Å²) >= 11 is 0. The molecule has 0 bridgehead atoms. The number of amides is 3. The Hall–Kier alpha value is -2.57. The molecular formula is C29H49N3O4. The van der Waals surface area contributed by atoms with Crippen molar-refractivity contribution in [1.82, 2.24) is 15.5 Å². The maximum atomic E-state index is 14.2. The van der Waals surface area contributed by atoms with E-state index in [9.17, 15) is 14.4 Å². The molecule has 0 saturated heterocycles. The molecule has 0 aliphatic heterocycles. The molecule has 7 nitrogen and oxygen atoms in total. The molecule has 0 aliphatic rings. The highest BCUT2D eigenvalue weighted by Crippen LogP contribution is 2.29. The molecule has 1 aromatic rings. The fourth-order valence-corrected chi connectivity index (χ4v) is 4.33. The Morgan fingerprint density at radius 3 is 2.08 bits per heavy atom. The molecule has 0 fully saturated rings. The van der Waals surface area contributed by atoms with Gasteiger partial charge in [-0.2, -0.15) is 0 Å². The minimum absolute atomic E-state index is 0.0230. The van der Waals surface area contributed by atoms with Crippen molar-refractivity contribution in [3.05, 3.63) is 34.9 Å². The highest BCUT2D eigenvalue weighted by atomic mass is 16.6. The van der Waals surface area contributed by atoms with E-state index in [1.165, 1.54) is 0 Å². The summed E-state index contributed by atoms with van der Waals surface area (Å²) in [6.07, 6.45) is 1.81. The number of nitrogens with one attached hydrogen (secondary N) is 2. The van der Waals surface area contributed by atoms with Crippen LogP contribution in [0, 0.1) is 19.8 Å². The van der Waals surface area contributed by atoms with Crippen LogP contribution in [-0.2, 0) is 14.3 Å². The zero-order chi connectivity index (χ0) is 27.8. The van der Waals surface area contributed by atoms with Gasteiger partial charge in [-0.1, -0.05) is 57.4 Å². The van der Waals surface area contributed by atoms with E-state index in [4.69, 9.17) is 4.74 Å². The van der Waals surface area contributed by atoms with Crippen molar-refractivity contribution in [1.29, 1.82) is 0 Å². The predicted octanol–water partition coefficient (Wildman–Crippen LogP) is 5.83. The van der Waals surface area contributed by atoms with E-state index in [0.717, 1.165) is 29.5 Å². The summed E-state index contributed by atoms with van der Waals surface area (Å²) < 4.78 is 5.46. The minimum Gasteiger partial charge on any atom is -0.444 e. The van der Waals surface area contributed by atoms with Crippen LogP contribution in [-0.4, -0.2) is 46.5 Å². The molecule has 7 heteroatoms. The number of alkyl carbamates (subject to hydrolysis) is 1. The summed E-state index contributed by atoms with van der Waals surface area (Å²) in [7, 11) is 0. The first kappa shape index (κ1) is 31.5. The van der Waals surface area contributed by atoms with Crippen molar-refractivity contribution in [3.63, 3.8) is 0 Å². The first-order valence-corrected chi connectivity index (χ1v) is 13.3. The zero-order valence-electron chi connectivity index (χ0n) is 24.3. The van der Waals surface area contributed by atoms with Gasteiger partial charge in [0.2, 0.25) is 11.8 Å². The fraction of sp³-hybridized carbons (Fsp3) is 0.690. The van der Waals surface area contributed by atoms with Gasteiger partial charge in [0.1, 0.15) is 17.7 Å². The summed E-state index contributed by atoms with van der Waals surface area (Å²) in [5.41, 5.74) is 2.11. The van der Waals surface area contributed by atoms with Crippen LogP contribution in [0.1, 0.15) is 104 Å². The van der Waals surface area contributed by atoms with Gasteiger partial charge in [0.15, 0.2) is 0 Å². The van der Waals surface area contributed by atoms with E-state index in [1.54, 1.807) is 25.7 Å². The molecule has 0 aromatic heterocycles. The average Bonchev–Trinajstić information content (AvgIpc) is 2.74. The SMILES string of the molecule is CCCC(C)NC(=O)C(c1ccc(C)cc1C)N(C(=O)C(NC(=O)OC(C)(C)C)C(C)CC)C(C)C. The van der Waals surface area contributed by atoms with Crippen LogP contribution < -0.4 is 10.6 Å². The monoisotopic (exact) mass is 503 g/mol. The molecule has 3 amide bonds. The van der Waals surface area contributed by atoms with Crippen molar-refractivity contribution < 1.29 is 19.1 Å². The number of aryl methyl sites for hydroxylation is 2. The number of carbonyl (C=O) groups is 3. The Kier molecular flexibility index (Phi) is 11.9. The smallest absolute Gasteiger partial charge is 0.408 e. The van der Waals surface area contributed by atoms with Gasteiger partial charge in [0.25, 0.3) is 0 Å². The largest absolute Gasteiger partial charge is 0.444 e. The maximum absolute atomic E-state index is 14.2. The molecule has 0 aliphatic carbocycles. The number of hydrogen-bond acceptors (Lipinski definition) is 4. The maximum Gasteiger partial charge on any atom is 0.408 e. The van der Waals surface area contributed by atoms with Gasteiger partial charge in [-0.25, -0.2) is 4.79 Å². The quantitative estimate of drug-likeness (QED) is 0.398. The number of nitrogens with zero attached hydrogens (tertiary/aromatic N) is 1. The molecule has 2 N–H and O–H groups in total. The summed E-state index contributed by atoms with van der Waals surface area (Å²) in [6.45, 7) is 21.1. The molecule has 36 heavy (non-hydrogen) atoms. The summed E-state index contributed by atoms with van der Waals surface area (Å²) in [5, 5.41) is 5.93. The lowest BCUT2D eigenvalue weighted by atomic mass is 9.92. The summed E-state index contributed by atoms with van der Waals surface area (Å²) in [5.74, 6) is -0.674. The first-order valence-electron chi connectivity index (χ1n) is 13.3. The van der Waals surface area contributed by atoms with Gasteiger partial charge < -0.3 is 20.3 Å². The Morgan fingerprint density at radius 1 is 1.00 bits per heavy atom. The van der Waals surface area contributed by atoms with Gasteiger partial charge in [-0.3, -0.25) is 9.59 Å². The third-order valence-electron chi connectivity index (χ3n) is 6.32. The van der Waals surface area contributed by atoms with Crippen LogP contribution in [0.2, 0.25) is 0 Å². The van der Waals surface area contributed by atoms with Crippen LogP contribution in [0.4, 0.5) is 4.79 Å². The van der Waals surface area contributed by atoms with Crippen LogP contribution in [0.15, 0.2) is 18.2 Å². The van der Waals surface area contributed by atoms with Gasteiger partial charge in [-0.15, -0.1) is 0 Å². The Balaban J connectivity index is 3.56. The van der Waals surface area contributed by atoms with Crippen LogP contribution in [0.5, 0.6) is 0 Å². The number of ether oxygens (including phenoxy) is 1. The summed E-state index contributed by atoms with van der Waals surface area (Å²) in [6, 6.07) is 3.95. The second-order valence-electron chi connectivity index (χ2n) is 11.3. The molecule has 0 spiro atoms. The highest BCUT2D eigenvalue weighted by molar-refractivity contribution is 5.92. The molecule has 4 unspecified atom stereocenters. The average molecular weight is 504 g/mol. The van der Waals surface area contributed by atoms with Gasteiger partial charge in [-0.05, 0) is 78.9 Å². The van der Waals surface area contributed by atoms with E-state index in [1.807, 2.05) is 66.7 Å². The second-order valence-corrected chi connectivity index (χ2v) is 11.3. The van der Waals surface area contributed by atoms with Gasteiger partial charge >= 0.3 is 6.09 Å². The molecule has 0 heterocycles. The molecule has 1 aromatic carbocycles. The third kappa shape index (κ3) is 9.14. The van der Waals surface area contributed by atoms with Crippen LogP contribution in [0.3, 0.4) is 0 Å². The Morgan fingerprint density at radius 2 is 1.61 bits per heavy atom. The number of rotatable bonds is 11. The molecule has 0 radical (unpaired) electrons. The van der Waals surface area contributed by atoms with Crippen molar-refractivity contribution in [2.75, 3.05) is 0 Å². The lowest BCUT2D eigenvalue weighted by Crippen LogP contribution is -2.57. The number of carbonyl (C=O) groups excluding carboxylic acids is 3. The third-order valence-corrected chi connectivity index (χ3v) is 6.32. The molecule has 1 rings (SSSR count). The van der Waals surface area contributed by atoms with Crippen molar-refractivity contribution >= 4 is 17.9 Å². The normalized spacial score (nSPS) is 15.0. The van der Waals surface area contributed by atoms with E-state index < -0.39 is 23.8 Å². The van der Waals surface area contributed by atoms with Gasteiger partial charge in [0.05, 0.1) is 0 Å². The molecule has 0 saturated carbocycles.